The molecule has 2 unspecified atom stereocenters. The Hall–Kier alpha value is -1.39. The zero-order chi connectivity index (χ0) is 11.6. The molecule has 15 heavy (non-hydrogen) atoms. The predicted molar refractivity (Wildman–Crippen MR) is 58.6 cm³/mol. The van der Waals surface area contributed by atoms with E-state index in [-0.39, 0.29) is 17.6 Å². The molecule has 0 heterocycles. The lowest BCUT2D eigenvalue weighted by molar-refractivity contribution is 0.0696. The molecule has 0 fully saturated rings. The summed E-state index contributed by atoms with van der Waals surface area (Å²) in [7, 11) is 0. The summed E-state index contributed by atoms with van der Waals surface area (Å²) in [6.07, 6.45) is 0. The fraction of sp³-hybridized carbons (Fsp3) is 0.364. The summed E-state index contributed by atoms with van der Waals surface area (Å²) in [4.78, 5) is 10.9. The number of hydrogen-bond acceptors (Lipinski definition) is 3. The van der Waals surface area contributed by atoms with Gasteiger partial charge in [0, 0.05) is 12.1 Å². The highest BCUT2D eigenvalue weighted by Gasteiger charge is 2.11. The molecule has 0 amide bonds. The number of carboxylic acids is 1. The van der Waals surface area contributed by atoms with Gasteiger partial charge in [0.25, 0.3) is 0 Å². The number of benzene rings is 1. The first kappa shape index (κ1) is 11.7. The Labute approximate surface area is 88.9 Å². The summed E-state index contributed by atoms with van der Waals surface area (Å²) in [5.41, 5.74) is 13.3. The molecule has 4 nitrogen and oxygen atoms in total. The van der Waals surface area contributed by atoms with Crippen LogP contribution in [-0.2, 0) is 0 Å². The first-order valence-corrected chi connectivity index (χ1v) is 4.81. The Balaban J connectivity index is 3.26. The zero-order valence-electron chi connectivity index (χ0n) is 8.90. The van der Waals surface area contributed by atoms with Crippen LogP contribution >= 0.6 is 0 Å². The van der Waals surface area contributed by atoms with Crippen LogP contribution in [0.4, 0.5) is 0 Å². The number of nitrogens with two attached hydrogens (primary N) is 2. The highest BCUT2D eigenvalue weighted by molar-refractivity contribution is 5.88. The van der Waals surface area contributed by atoms with Crippen molar-refractivity contribution in [1.29, 1.82) is 0 Å². The predicted octanol–water partition coefficient (Wildman–Crippen LogP) is 1.42. The smallest absolute Gasteiger partial charge is 0.335 e. The Morgan fingerprint density at radius 3 is 1.80 bits per heavy atom. The minimum Gasteiger partial charge on any atom is -0.478 e. The molecule has 4 heteroatoms. The Morgan fingerprint density at radius 2 is 1.53 bits per heavy atom. The fourth-order valence-corrected chi connectivity index (χ4v) is 1.33. The van der Waals surface area contributed by atoms with E-state index < -0.39 is 5.97 Å². The van der Waals surface area contributed by atoms with Crippen LogP contribution in [-0.4, -0.2) is 11.1 Å². The lowest BCUT2D eigenvalue weighted by Gasteiger charge is -2.12. The summed E-state index contributed by atoms with van der Waals surface area (Å²) < 4.78 is 0. The van der Waals surface area contributed by atoms with Crippen LogP contribution in [0, 0.1) is 0 Å². The molecule has 5 N–H and O–H groups in total. The van der Waals surface area contributed by atoms with E-state index in [4.69, 9.17) is 16.6 Å². The van der Waals surface area contributed by atoms with E-state index in [0.717, 1.165) is 11.1 Å². The van der Waals surface area contributed by atoms with E-state index in [1.54, 1.807) is 12.1 Å². The van der Waals surface area contributed by atoms with Crippen LogP contribution in [0.1, 0.15) is 47.4 Å². The molecule has 0 aliphatic carbocycles. The van der Waals surface area contributed by atoms with Crippen LogP contribution in [0.25, 0.3) is 0 Å². The standard InChI is InChI=1S/C11H16N2O2/c1-6(12)8-3-9(7(2)13)5-10(4-8)11(14)15/h3-7H,12-13H2,1-2H3,(H,14,15). The minimum absolute atomic E-state index is 0.193. The van der Waals surface area contributed by atoms with Crippen LogP contribution in [0.15, 0.2) is 18.2 Å². The van der Waals surface area contributed by atoms with E-state index in [0.29, 0.717) is 0 Å². The van der Waals surface area contributed by atoms with Crippen molar-refractivity contribution in [2.24, 2.45) is 11.5 Å². The highest BCUT2D eigenvalue weighted by Crippen LogP contribution is 2.19. The summed E-state index contributed by atoms with van der Waals surface area (Å²) >= 11 is 0. The second-order valence-electron chi connectivity index (χ2n) is 3.77. The Kier molecular flexibility index (Phi) is 3.44. The van der Waals surface area contributed by atoms with Gasteiger partial charge in [-0.05, 0) is 37.1 Å². The van der Waals surface area contributed by atoms with Gasteiger partial charge in [-0.3, -0.25) is 0 Å². The molecule has 0 aromatic heterocycles. The molecular formula is C11H16N2O2. The topological polar surface area (TPSA) is 89.3 Å². The van der Waals surface area contributed by atoms with E-state index in [1.807, 2.05) is 19.9 Å². The molecule has 82 valence electrons. The lowest BCUT2D eigenvalue weighted by atomic mass is 9.98. The summed E-state index contributed by atoms with van der Waals surface area (Å²) in [6, 6.07) is 4.63. The van der Waals surface area contributed by atoms with Crippen molar-refractivity contribution in [3.8, 4) is 0 Å². The maximum absolute atomic E-state index is 10.9. The molecule has 0 saturated carbocycles. The third kappa shape index (κ3) is 2.78. The van der Waals surface area contributed by atoms with Crippen LogP contribution in [0.3, 0.4) is 0 Å². The van der Waals surface area contributed by atoms with Crippen molar-refractivity contribution in [1.82, 2.24) is 0 Å². The molecule has 0 radical (unpaired) electrons. The second-order valence-corrected chi connectivity index (χ2v) is 3.77. The third-order valence-electron chi connectivity index (χ3n) is 2.28. The number of hydrogen-bond donors (Lipinski definition) is 3. The summed E-state index contributed by atoms with van der Waals surface area (Å²) in [5.74, 6) is -0.959. The number of aromatic carboxylic acids is 1. The molecule has 1 aromatic carbocycles. The first-order valence-electron chi connectivity index (χ1n) is 4.81. The molecule has 0 spiro atoms. The van der Waals surface area contributed by atoms with E-state index in [9.17, 15) is 4.79 Å². The van der Waals surface area contributed by atoms with Crippen LogP contribution in [0.2, 0.25) is 0 Å². The molecule has 0 aliphatic rings. The SMILES string of the molecule is CC(N)c1cc(C(=O)O)cc(C(C)N)c1. The maximum atomic E-state index is 10.9. The van der Waals surface area contributed by atoms with Gasteiger partial charge in [0.15, 0.2) is 0 Å². The summed E-state index contributed by atoms with van der Waals surface area (Å²) in [6.45, 7) is 3.62. The number of rotatable bonds is 3. The van der Waals surface area contributed by atoms with Gasteiger partial charge in [0.05, 0.1) is 5.56 Å². The Bertz CT molecular complexity index is 347. The average Bonchev–Trinajstić information content (AvgIpc) is 2.16. The normalized spacial score (nSPS) is 14.7. The van der Waals surface area contributed by atoms with Crippen molar-refractivity contribution in [3.63, 3.8) is 0 Å². The third-order valence-corrected chi connectivity index (χ3v) is 2.28. The van der Waals surface area contributed by atoms with E-state index in [1.165, 1.54) is 0 Å². The maximum Gasteiger partial charge on any atom is 0.335 e. The van der Waals surface area contributed by atoms with Gasteiger partial charge in [-0.25, -0.2) is 4.79 Å². The molecule has 0 aliphatic heterocycles. The minimum atomic E-state index is -0.959. The zero-order valence-corrected chi connectivity index (χ0v) is 8.90. The molecular weight excluding hydrogens is 192 g/mol. The first-order chi connectivity index (χ1) is 6.91. The largest absolute Gasteiger partial charge is 0.478 e. The highest BCUT2D eigenvalue weighted by atomic mass is 16.4. The van der Waals surface area contributed by atoms with Crippen molar-refractivity contribution < 1.29 is 9.90 Å². The van der Waals surface area contributed by atoms with E-state index >= 15 is 0 Å². The van der Waals surface area contributed by atoms with Crippen LogP contribution in [0.5, 0.6) is 0 Å². The molecule has 1 rings (SSSR count). The molecule has 0 bridgehead atoms. The van der Waals surface area contributed by atoms with Crippen LogP contribution < -0.4 is 11.5 Å². The molecule has 1 aromatic rings. The fourth-order valence-electron chi connectivity index (χ4n) is 1.33. The van der Waals surface area contributed by atoms with Gasteiger partial charge < -0.3 is 16.6 Å². The van der Waals surface area contributed by atoms with Crippen molar-refractivity contribution >= 4 is 5.97 Å². The second kappa shape index (κ2) is 4.42. The monoisotopic (exact) mass is 208 g/mol. The van der Waals surface area contributed by atoms with Gasteiger partial charge in [0.2, 0.25) is 0 Å². The van der Waals surface area contributed by atoms with Gasteiger partial charge in [-0.2, -0.15) is 0 Å². The van der Waals surface area contributed by atoms with E-state index in [2.05, 4.69) is 0 Å². The average molecular weight is 208 g/mol. The Morgan fingerprint density at radius 1 is 1.13 bits per heavy atom. The lowest BCUT2D eigenvalue weighted by Crippen LogP contribution is -2.11. The molecule has 0 saturated heterocycles. The van der Waals surface area contributed by atoms with Crippen molar-refractivity contribution in [2.75, 3.05) is 0 Å². The number of carbonyl (C=O) groups is 1. The van der Waals surface area contributed by atoms with Gasteiger partial charge in [0.1, 0.15) is 0 Å². The number of carboxylic acid groups (broad SMARTS) is 1. The summed E-state index contributed by atoms with van der Waals surface area (Å²) in [5, 5.41) is 8.92. The van der Waals surface area contributed by atoms with Crippen molar-refractivity contribution in [3.05, 3.63) is 34.9 Å². The van der Waals surface area contributed by atoms with Gasteiger partial charge >= 0.3 is 5.97 Å². The van der Waals surface area contributed by atoms with Crippen molar-refractivity contribution in [2.45, 2.75) is 25.9 Å². The van der Waals surface area contributed by atoms with Gasteiger partial charge in [-0.15, -0.1) is 0 Å². The quantitative estimate of drug-likeness (QED) is 0.700. The molecule has 2 atom stereocenters. The van der Waals surface area contributed by atoms with Gasteiger partial charge in [-0.1, -0.05) is 6.07 Å².